The Morgan fingerprint density at radius 3 is 2.75 bits per heavy atom. The van der Waals surface area contributed by atoms with E-state index in [1.54, 1.807) is 13.0 Å². The van der Waals surface area contributed by atoms with Gasteiger partial charge in [0.1, 0.15) is 0 Å². The van der Waals surface area contributed by atoms with Crippen molar-refractivity contribution in [3.8, 4) is 0 Å². The average Bonchev–Trinajstić information content (AvgIpc) is 2.57. The summed E-state index contributed by atoms with van der Waals surface area (Å²) in [6.07, 6.45) is 2.17. The molecule has 1 aromatic rings. The molecule has 0 saturated carbocycles. The summed E-state index contributed by atoms with van der Waals surface area (Å²) in [5.74, 6) is 0.0844. The number of carbonyl (C=O) groups is 1. The highest BCUT2D eigenvalue weighted by Crippen LogP contribution is 2.26. The van der Waals surface area contributed by atoms with Crippen molar-refractivity contribution in [3.05, 3.63) is 48.6 Å². The third-order valence-corrected chi connectivity index (χ3v) is 2.54. The highest BCUT2D eigenvalue weighted by Gasteiger charge is 2.40. The van der Waals surface area contributed by atoms with Crippen LogP contribution in [0.1, 0.15) is 18.9 Å². The molecule has 0 bridgehead atoms. The van der Waals surface area contributed by atoms with Gasteiger partial charge in [0, 0.05) is 12.0 Å². The number of nitrogens with zero attached hydrogens (tertiary/aromatic N) is 1. The van der Waals surface area contributed by atoms with E-state index in [4.69, 9.17) is 4.74 Å². The molecule has 16 heavy (non-hydrogen) atoms. The topological polar surface area (TPSA) is 38.7 Å². The molecule has 2 rings (SSSR count). The number of rotatable bonds is 3. The normalized spacial score (nSPS) is 23.8. The molecule has 0 aliphatic carbocycles. The molecule has 1 aliphatic rings. The van der Waals surface area contributed by atoms with Gasteiger partial charge < -0.3 is 4.74 Å². The van der Waals surface area contributed by atoms with Gasteiger partial charge in [-0.25, -0.2) is 9.79 Å². The van der Waals surface area contributed by atoms with Crippen molar-refractivity contribution in [1.82, 2.24) is 0 Å². The Balaban J connectivity index is 2.33. The van der Waals surface area contributed by atoms with E-state index in [1.807, 2.05) is 30.3 Å². The quantitative estimate of drug-likeness (QED) is 0.573. The first-order valence-electron chi connectivity index (χ1n) is 5.14. The van der Waals surface area contributed by atoms with Crippen LogP contribution < -0.4 is 0 Å². The van der Waals surface area contributed by atoms with Crippen LogP contribution >= 0.6 is 0 Å². The van der Waals surface area contributed by atoms with Gasteiger partial charge in [0.25, 0.3) is 0 Å². The summed E-state index contributed by atoms with van der Waals surface area (Å²) in [4.78, 5) is 16.0. The van der Waals surface area contributed by atoms with Gasteiger partial charge in [0.15, 0.2) is 5.54 Å². The molecular weight excluding hydrogens is 202 g/mol. The summed E-state index contributed by atoms with van der Waals surface area (Å²) >= 11 is 0. The maximum Gasteiger partial charge on any atom is 0.340 e. The molecule has 0 spiro atoms. The Hall–Kier alpha value is -1.90. The molecule has 0 fully saturated rings. The lowest BCUT2D eigenvalue weighted by Crippen LogP contribution is -2.29. The SMILES string of the molecule is C=CCC1(C)N=C(c2ccccc2)OC1=O. The van der Waals surface area contributed by atoms with Gasteiger partial charge in [-0.2, -0.15) is 0 Å². The largest absolute Gasteiger partial charge is 0.405 e. The molecule has 3 nitrogen and oxygen atoms in total. The van der Waals surface area contributed by atoms with Crippen LogP contribution in [-0.2, 0) is 9.53 Å². The van der Waals surface area contributed by atoms with Gasteiger partial charge in [-0.15, -0.1) is 6.58 Å². The van der Waals surface area contributed by atoms with E-state index < -0.39 is 5.54 Å². The monoisotopic (exact) mass is 215 g/mol. The first-order chi connectivity index (χ1) is 7.65. The van der Waals surface area contributed by atoms with E-state index in [9.17, 15) is 4.79 Å². The molecule has 0 saturated heterocycles. The Labute approximate surface area is 94.5 Å². The predicted octanol–water partition coefficient (Wildman–Crippen LogP) is 2.32. The number of cyclic esters (lactones) is 1. The van der Waals surface area contributed by atoms with Crippen LogP contribution in [0.2, 0.25) is 0 Å². The van der Waals surface area contributed by atoms with Crippen LogP contribution in [-0.4, -0.2) is 17.4 Å². The second kappa shape index (κ2) is 3.93. The number of ether oxygens (including phenoxy) is 1. The second-order valence-corrected chi connectivity index (χ2v) is 3.94. The molecule has 0 aromatic heterocycles. The number of carbonyl (C=O) groups excluding carboxylic acids is 1. The second-order valence-electron chi connectivity index (χ2n) is 3.94. The minimum atomic E-state index is -0.813. The lowest BCUT2D eigenvalue weighted by molar-refractivity contribution is -0.138. The van der Waals surface area contributed by atoms with Gasteiger partial charge in [0.05, 0.1) is 0 Å². The first-order valence-corrected chi connectivity index (χ1v) is 5.14. The van der Waals surface area contributed by atoms with E-state index in [0.29, 0.717) is 12.3 Å². The summed E-state index contributed by atoms with van der Waals surface area (Å²) < 4.78 is 5.18. The van der Waals surface area contributed by atoms with Crippen molar-refractivity contribution in [2.45, 2.75) is 18.9 Å². The van der Waals surface area contributed by atoms with Crippen molar-refractivity contribution in [2.75, 3.05) is 0 Å². The van der Waals surface area contributed by atoms with E-state index >= 15 is 0 Å². The van der Waals surface area contributed by atoms with Crippen molar-refractivity contribution in [3.63, 3.8) is 0 Å². The van der Waals surface area contributed by atoms with Gasteiger partial charge >= 0.3 is 5.97 Å². The van der Waals surface area contributed by atoms with Crippen LogP contribution in [0.3, 0.4) is 0 Å². The van der Waals surface area contributed by atoms with E-state index in [-0.39, 0.29) is 5.97 Å². The zero-order chi connectivity index (χ0) is 11.6. The number of aliphatic imine (C=N–C) groups is 1. The number of esters is 1. The first kappa shape index (κ1) is 10.6. The molecule has 0 amide bonds. The standard InChI is InChI=1S/C13H13NO2/c1-3-9-13(2)12(15)16-11(14-13)10-7-5-4-6-8-10/h3-8H,1,9H2,2H3. The molecule has 82 valence electrons. The molecule has 1 unspecified atom stereocenters. The van der Waals surface area contributed by atoms with Gasteiger partial charge in [0.2, 0.25) is 5.90 Å². The fraction of sp³-hybridized carbons (Fsp3) is 0.231. The maximum atomic E-state index is 11.7. The molecular formula is C13H13NO2. The fourth-order valence-electron chi connectivity index (χ4n) is 1.60. The lowest BCUT2D eigenvalue weighted by atomic mass is 10.00. The van der Waals surface area contributed by atoms with E-state index in [0.717, 1.165) is 5.56 Å². The Morgan fingerprint density at radius 1 is 1.44 bits per heavy atom. The molecule has 1 heterocycles. The van der Waals surface area contributed by atoms with Crippen LogP contribution in [0.15, 0.2) is 48.0 Å². The average molecular weight is 215 g/mol. The number of hydrogen-bond acceptors (Lipinski definition) is 3. The minimum Gasteiger partial charge on any atom is -0.405 e. The van der Waals surface area contributed by atoms with Crippen LogP contribution in [0.4, 0.5) is 0 Å². The number of hydrogen-bond donors (Lipinski definition) is 0. The van der Waals surface area contributed by atoms with E-state index in [1.165, 1.54) is 0 Å². The summed E-state index contributed by atoms with van der Waals surface area (Å²) in [6, 6.07) is 9.41. The van der Waals surface area contributed by atoms with Gasteiger partial charge in [-0.1, -0.05) is 24.3 Å². The Bertz CT molecular complexity index is 450. The lowest BCUT2D eigenvalue weighted by Gasteiger charge is -2.11. The zero-order valence-corrected chi connectivity index (χ0v) is 9.14. The third-order valence-electron chi connectivity index (χ3n) is 2.54. The summed E-state index contributed by atoms with van der Waals surface area (Å²) in [5, 5.41) is 0. The van der Waals surface area contributed by atoms with Crippen molar-refractivity contribution in [1.29, 1.82) is 0 Å². The fourth-order valence-corrected chi connectivity index (χ4v) is 1.60. The molecule has 1 aromatic carbocycles. The molecule has 1 atom stereocenters. The van der Waals surface area contributed by atoms with Crippen LogP contribution in [0, 0.1) is 0 Å². The molecule has 0 radical (unpaired) electrons. The molecule has 1 aliphatic heterocycles. The Kier molecular flexibility index (Phi) is 2.60. The summed E-state index contributed by atoms with van der Waals surface area (Å²) in [6.45, 7) is 5.38. The molecule has 3 heteroatoms. The molecule has 0 N–H and O–H groups in total. The van der Waals surface area contributed by atoms with Crippen molar-refractivity contribution < 1.29 is 9.53 Å². The summed E-state index contributed by atoms with van der Waals surface area (Å²) in [7, 11) is 0. The van der Waals surface area contributed by atoms with Crippen LogP contribution in [0.5, 0.6) is 0 Å². The number of benzene rings is 1. The highest BCUT2D eigenvalue weighted by atomic mass is 16.6. The van der Waals surface area contributed by atoms with E-state index in [2.05, 4.69) is 11.6 Å². The van der Waals surface area contributed by atoms with Crippen LogP contribution in [0.25, 0.3) is 0 Å². The third kappa shape index (κ3) is 1.76. The van der Waals surface area contributed by atoms with Crippen molar-refractivity contribution in [2.24, 2.45) is 4.99 Å². The van der Waals surface area contributed by atoms with Crippen molar-refractivity contribution >= 4 is 11.9 Å². The van der Waals surface area contributed by atoms with Gasteiger partial charge in [-0.05, 0) is 19.1 Å². The summed E-state index contributed by atoms with van der Waals surface area (Å²) in [5.41, 5.74) is 0.0102. The highest BCUT2D eigenvalue weighted by molar-refractivity contribution is 6.07. The van der Waals surface area contributed by atoms with Gasteiger partial charge in [-0.3, -0.25) is 0 Å². The maximum absolute atomic E-state index is 11.7. The Morgan fingerprint density at radius 2 is 2.12 bits per heavy atom. The predicted molar refractivity (Wildman–Crippen MR) is 62.3 cm³/mol. The zero-order valence-electron chi connectivity index (χ0n) is 9.14. The smallest absolute Gasteiger partial charge is 0.340 e. The minimum absolute atomic E-state index is 0.314.